The van der Waals surface area contributed by atoms with Crippen molar-refractivity contribution in [2.75, 3.05) is 11.5 Å². The standard InChI is InChI=1S/C13H17NO4S/c15-8-11-3-1-10(2-4-11)7-14-13(16)12-5-6-19(17,18)9-12/h1-4,12,15H,5-9H2,(H,14,16). The normalized spacial score (nSPS) is 21.2. The molecule has 0 aromatic heterocycles. The largest absolute Gasteiger partial charge is 0.392 e. The van der Waals surface area contributed by atoms with Crippen molar-refractivity contribution in [2.24, 2.45) is 5.92 Å². The van der Waals surface area contributed by atoms with Gasteiger partial charge >= 0.3 is 0 Å². The quantitative estimate of drug-likeness (QED) is 0.828. The lowest BCUT2D eigenvalue weighted by Gasteiger charge is -2.09. The number of hydrogen-bond acceptors (Lipinski definition) is 4. The molecule has 1 amide bonds. The average molecular weight is 283 g/mol. The minimum Gasteiger partial charge on any atom is -0.392 e. The van der Waals surface area contributed by atoms with E-state index in [9.17, 15) is 13.2 Å². The van der Waals surface area contributed by atoms with Crippen LogP contribution in [0.5, 0.6) is 0 Å². The first-order valence-corrected chi connectivity index (χ1v) is 7.99. The molecule has 19 heavy (non-hydrogen) atoms. The topological polar surface area (TPSA) is 83.5 Å². The molecule has 1 saturated heterocycles. The van der Waals surface area contributed by atoms with Crippen LogP contribution < -0.4 is 5.32 Å². The zero-order valence-electron chi connectivity index (χ0n) is 10.5. The number of aliphatic hydroxyl groups excluding tert-OH is 1. The fourth-order valence-electron chi connectivity index (χ4n) is 2.10. The summed E-state index contributed by atoms with van der Waals surface area (Å²) in [6, 6.07) is 7.25. The van der Waals surface area contributed by atoms with Crippen LogP contribution in [0.15, 0.2) is 24.3 Å². The van der Waals surface area contributed by atoms with Crippen LogP contribution in [0.1, 0.15) is 17.5 Å². The van der Waals surface area contributed by atoms with Crippen LogP contribution in [0.3, 0.4) is 0 Å². The number of rotatable bonds is 4. The molecule has 1 unspecified atom stereocenters. The summed E-state index contributed by atoms with van der Waals surface area (Å²) in [4.78, 5) is 11.8. The Morgan fingerprint density at radius 2 is 1.89 bits per heavy atom. The van der Waals surface area contributed by atoms with Gasteiger partial charge in [0.05, 0.1) is 24.0 Å². The van der Waals surface area contributed by atoms with E-state index in [4.69, 9.17) is 5.11 Å². The van der Waals surface area contributed by atoms with E-state index in [0.29, 0.717) is 13.0 Å². The Bertz CT molecular complexity index is 551. The lowest BCUT2D eigenvalue weighted by atomic mass is 10.1. The molecule has 2 rings (SSSR count). The van der Waals surface area contributed by atoms with Crippen molar-refractivity contribution >= 4 is 15.7 Å². The molecule has 0 saturated carbocycles. The van der Waals surface area contributed by atoms with Gasteiger partial charge in [-0.3, -0.25) is 4.79 Å². The number of nitrogens with one attached hydrogen (secondary N) is 1. The van der Waals surface area contributed by atoms with Gasteiger partial charge in [-0.1, -0.05) is 24.3 Å². The van der Waals surface area contributed by atoms with Crippen LogP contribution in [0.4, 0.5) is 0 Å². The highest BCUT2D eigenvalue weighted by Gasteiger charge is 2.32. The van der Waals surface area contributed by atoms with Crippen LogP contribution in [0.25, 0.3) is 0 Å². The number of carbonyl (C=O) groups excluding carboxylic acids is 1. The van der Waals surface area contributed by atoms with Gasteiger partial charge in [0.1, 0.15) is 0 Å². The molecule has 2 N–H and O–H groups in total. The van der Waals surface area contributed by atoms with Gasteiger partial charge in [0, 0.05) is 6.54 Å². The Morgan fingerprint density at radius 1 is 1.26 bits per heavy atom. The average Bonchev–Trinajstić information content (AvgIpc) is 2.77. The van der Waals surface area contributed by atoms with Crippen LogP contribution in [-0.4, -0.2) is 30.9 Å². The third kappa shape index (κ3) is 3.78. The highest BCUT2D eigenvalue weighted by atomic mass is 32.2. The Balaban J connectivity index is 1.86. The fourth-order valence-corrected chi connectivity index (χ4v) is 3.84. The maximum absolute atomic E-state index is 11.8. The first kappa shape index (κ1) is 14.0. The lowest BCUT2D eigenvalue weighted by Crippen LogP contribution is -2.30. The Labute approximate surface area is 112 Å². The molecular formula is C13H17NO4S. The maximum Gasteiger partial charge on any atom is 0.224 e. The second-order valence-corrected chi connectivity index (χ2v) is 7.02. The molecule has 1 aromatic rings. The molecule has 0 radical (unpaired) electrons. The van der Waals surface area contributed by atoms with E-state index in [1.807, 2.05) is 12.1 Å². The van der Waals surface area contributed by atoms with Gasteiger partial charge in [0.2, 0.25) is 5.91 Å². The summed E-state index contributed by atoms with van der Waals surface area (Å²) in [6.07, 6.45) is 0.414. The SMILES string of the molecule is O=C(NCc1ccc(CO)cc1)C1CCS(=O)(=O)C1. The minimum atomic E-state index is -3.02. The maximum atomic E-state index is 11.8. The summed E-state index contributed by atoms with van der Waals surface area (Å²) >= 11 is 0. The van der Waals surface area contributed by atoms with Crippen molar-refractivity contribution in [1.29, 1.82) is 0 Å². The van der Waals surface area contributed by atoms with Crippen molar-refractivity contribution in [3.8, 4) is 0 Å². The number of hydrogen-bond donors (Lipinski definition) is 2. The van der Waals surface area contributed by atoms with E-state index >= 15 is 0 Å². The van der Waals surface area contributed by atoms with E-state index in [-0.39, 0.29) is 24.0 Å². The van der Waals surface area contributed by atoms with Crippen molar-refractivity contribution < 1.29 is 18.3 Å². The van der Waals surface area contributed by atoms with Gasteiger partial charge in [-0.15, -0.1) is 0 Å². The van der Waals surface area contributed by atoms with Gasteiger partial charge in [0.25, 0.3) is 0 Å². The van der Waals surface area contributed by atoms with Gasteiger partial charge in [-0.25, -0.2) is 8.42 Å². The monoisotopic (exact) mass is 283 g/mol. The van der Waals surface area contributed by atoms with E-state index in [0.717, 1.165) is 11.1 Å². The first-order valence-electron chi connectivity index (χ1n) is 6.17. The molecule has 5 nitrogen and oxygen atoms in total. The predicted molar refractivity (Wildman–Crippen MR) is 71.0 cm³/mol. The molecule has 6 heteroatoms. The highest BCUT2D eigenvalue weighted by Crippen LogP contribution is 2.18. The van der Waals surface area contributed by atoms with Crippen molar-refractivity contribution in [3.63, 3.8) is 0 Å². The van der Waals surface area contributed by atoms with Gasteiger partial charge in [-0.05, 0) is 17.5 Å². The van der Waals surface area contributed by atoms with Crippen LogP contribution in [-0.2, 0) is 27.8 Å². The fraction of sp³-hybridized carbons (Fsp3) is 0.462. The Morgan fingerprint density at radius 3 is 2.42 bits per heavy atom. The second-order valence-electron chi connectivity index (χ2n) is 4.79. The molecule has 0 aliphatic carbocycles. The summed E-state index contributed by atoms with van der Waals surface area (Å²) in [6.45, 7) is 0.369. The number of amides is 1. The van der Waals surface area contributed by atoms with E-state index in [1.54, 1.807) is 12.1 Å². The number of aliphatic hydroxyl groups is 1. The molecule has 1 fully saturated rings. The zero-order chi connectivity index (χ0) is 13.9. The Kier molecular flexibility index (Phi) is 4.21. The number of sulfone groups is 1. The lowest BCUT2D eigenvalue weighted by molar-refractivity contribution is -0.124. The van der Waals surface area contributed by atoms with Crippen molar-refractivity contribution in [1.82, 2.24) is 5.32 Å². The molecule has 104 valence electrons. The molecule has 0 spiro atoms. The number of carbonyl (C=O) groups is 1. The van der Waals surface area contributed by atoms with E-state index in [1.165, 1.54) is 0 Å². The molecule has 1 atom stereocenters. The molecular weight excluding hydrogens is 266 g/mol. The van der Waals surface area contributed by atoms with Crippen LogP contribution >= 0.6 is 0 Å². The van der Waals surface area contributed by atoms with Crippen LogP contribution in [0, 0.1) is 5.92 Å². The molecule has 0 bridgehead atoms. The molecule has 1 aliphatic rings. The van der Waals surface area contributed by atoms with Gasteiger partial charge < -0.3 is 10.4 Å². The smallest absolute Gasteiger partial charge is 0.224 e. The molecule has 1 heterocycles. The van der Waals surface area contributed by atoms with Crippen molar-refractivity contribution in [3.05, 3.63) is 35.4 Å². The highest BCUT2D eigenvalue weighted by molar-refractivity contribution is 7.91. The number of benzene rings is 1. The summed E-state index contributed by atoms with van der Waals surface area (Å²) in [5.74, 6) is -0.549. The predicted octanol–water partition coefficient (Wildman–Crippen LogP) is 0.230. The Hall–Kier alpha value is -1.40. The summed E-state index contributed by atoms with van der Waals surface area (Å²) in [7, 11) is -3.02. The van der Waals surface area contributed by atoms with Gasteiger partial charge in [-0.2, -0.15) is 0 Å². The van der Waals surface area contributed by atoms with Crippen molar-refractivity contribution in [2.45, 2.75) is 19.6 Å². The third-order valence-corrected chi connectivity index (χ3v) is 5.04. The van der Waals surface area contributed by atoms with E-state index in [2.05, 4.69) is 5.32 Å². The van der Waals surface area contributed by atoms with Crippen LogP contribution in [0.2, 0.25) is 0 Å². The van der Waals surface area contributed by atoms with Gasteiger partial charge in [0.15, 0.2) is 9.84 Å². The second kappa shape index (κ2) is 5.71. The minimum absolute atomic E-state index is 0.00737. The zero-order valence-corrected chi connectivity index (χ0v) is 11.3. The first-order chi connectivity index (χ1) is 9.00. The molecule has 1 aromatic carbocycles. The summed E-state index contributed by atoms with van der Waals surface area (Å²) in [5.41, 5.74) is 1.74. The van der Waals surface area contributed by atoms with E-state index < -0.39 is 15.8 Å². The third-order valence-electron chi connectivity index (χ3n) is 3.28. The summed E-state index contributed by atoms with van der Waals surface area (Å²) in [5, 5.41) is 11.7. The summed E-state index contributed by atoms with van der Waals surface area (Å²) < 4.78 is 22.6. The molecule has 1 aliphatic heterocycles.